The molecule has 0 amide bonds. The van der Waals surface area contributed by atoms with E-state index in [1.807, 2.05) is 6.07 Å². The largest absolute Gasteiger partial charge is 0.478 e. The summed E-state index contributed by atoms with van der Waals surface area (Å²) in [4.78, 5) is 11.7. The molecule has 1 N–H and O–H groups in total. The maximum atomic E-state index is 10.8. The molecule has 0 fully saturated rings. The number of carboxylic acids is 1. The van der Waals surface area contributed by atoms with Crippen LogP contribution in [-0.2, 0) is 0 Å². The van der Waals surface area contributed by atoms with Crippen LogP contribution in [0.2, 0.25) is 9.36 Å². The van der Waals surface area contributed by atoms with Gasteiger partial charge < -0.3 is 5.11 Å². The van der Waals surface area contributed by atoms with E-state index in [4.69, 9.17) is 28.3 Å². The Hall–Kier alpha value is -1.03. The van der Waals surface area contributed by atoms with Crippen LogP contribution in [0.15, 0.2) is 30.3 Å². The minimum Gasteiger partial charge on any atom is -0.478 e. The molecule has 0 bridgehead atoms. The Kier molecular flexibility index (Phi) is 3.19. The molecular formula is C11H6Cl2O2S. The second-order valence-corrected chi connectivity index (χ2v) is 5.23. The number of halogens is 2. The zero-order valence-electron chi connectivity index (χ0n) is 7.91. The summed E-state index contributed by atoms with van der Waals surface area (Å²) in [5, 5.41) is 9.40. The van der Waals surface area contributed by atoms with E-state index < -0.39 is 5.97 Å². The first-order chi connectivity index (χ1) is 7.58. The highest BCUT2D eigenvalue weighted by Gasteiger charge is 2.10. The highest BCUT2D eigenvalue weighted by atomic mass is 35.5. The number of carbonyl (C=O) groups is 1. The van der Waals surface area contributed by atoms with Crippen LogP contribution < -0.4 is 0 Å². The van der Waals surface area contributed by atoms with Gasteiger partial charge in [-0.15, -0.1) is 11.3 Å². The molecule has 5 heteroatoms. The molecule has 1 aromatic carbocycles. The van der Waals surface area contributed by atoms with Crippen molar-refractivity contribution < 1.29 is 9.90 Å². The van der Waals surface area contributed by atoms with Gasteiger partial charge in [0.1, 0.15) is 0 Å². The van der Waals surface area contributed by atoms with Crippen LogP contribution in [0.1, 0.15) is 10.4 Å². The second kappa shape index (κ2) is 4.45. The van der Waals surface area contributed by atoms with Gasteiger partial charge in [0.2, 0.25) is 0 Å². The van der Waals surface area contributed by atoms with Crippen LogP contribution in [0.5, 0.6) is 0 Å². The van der Waals surface area contributed by atoms with E-state index in [0.717, 1.165) is 4.88 Å². The van der Waals surface area contributed by atoms with E-state index in [2.05, 4.69) is 0 Å². The molecule has 0 aliphatic carbocycles. The van der Waals surface area contributed by atoms with Gasteiger partial charge in [-0.2, -0.15) is 0 Å². The monoisotopic (exact) mass is 272 g/mol. The molecule has 2 nitrogen and oxygen atoms in total. The fraction of sp³-hybridized carbons (Fsp3) is 0. The third-order valence-corrected chi connectivity index (χ3v) is 3.65. The van der Waals surface area contributed by atoms with Crippen molar-refractivity contribution in [2.45, 2.75) is 0 Å². The molecule has 0 atom stereocenters. The number of hydrogen-bond acceptors (Lipinski definition) is 2. The van der Waals surface area contributed by atoms with Gasteiger partial charge in [-0.25, -0.2) is 4.79 Å². The fourth-order valence-corrected chi connectivity index (χ4v) is 2.65. The average molecular weight is 273 g/mol. The van der Waals surface area contributed by atoms with Crippen molar-refractivity contribution in [1.82, 2.24) is 0 Å². The number of hydrogen-bond donors (Lipinski definition) is 1. The van der Waals surface area contributed by atoms with Crippen molar-refractivity contribution in [3.05, 3.63) is 45.3 Å². The lowest BCUT2D eigenvalue weighted by Crippen LogP contribution is -1.95. The van der Waals surface area contributed by atoms with Crippen molar-refractivity contribution in [2.75, 3.05) is 0 Å². The summed E-state index contributed by atoms with van der Waals surface area (Å²) >= 11 is 13.2. The van der Waals surface area contributed by atoms with Crippen LogP contribution in [0.3, 0.4) is 0 Å². The molecule has 0 saturated carbocycles. The zero-order valence-corrected chi connectivity index (χ0v) is 10.2. The van der Waals surface area contributed by atoms with Crippen LogP contribution >= 0.6 is 34.5 Å². The van der Waals surface area contributed by atoms with Gasteiger partial charge in [0.05, 0.1) is 9.90 Å². The smallest absolute Gasteiger partial charge is 0.335 e. The van der Waals surface area contributed by atoms with Crippen molar-refractivity contribution >= 4 is 40.5 Å². The topological polar surface area (TPSA) is 37.3 Å². The number of carboxylic acid groups (broad SMARTS) is 1. The lowest BCUT2D eigenvalue weighted by Gasteiger charge is -2.02. The van der Waals surface area contributed by atoms with E-state index in [1.165, 1.54) is 17.4 Å². The van der Waals surface area contributed by atoms with Gasteiger partial charge in [-0.1, -0.05) is 23.2 Å². The Morgan fingerprint density at radius 2 is 1.94 bits per heavy atom. The Bertz CT molecular complexity index is 549. The summed E-state index contributed by atoms with van der Waals surface area (Å²) in [5.74, 6) is -0.972. The molecular weight excluding hydrogens is 267 g/mol. The van der Waals surface area contributed by atoms with Crippen molar-refractivity contribution in [2.24, 2.45) is 0 Å². The molecule has 0 spiro atoms. The normalized spacial score (nSPS) is 10.4. The Morgan fingerprint density at radius 3 is 2.50 bits per heavy atom. The number of benzene rings is 1. The van der Waals surface area contributed by atoms with E-state index in [-0.39, 0.29) is 5.56 Å². The van der Waals surface area contributed by atoms with E-state index in [1.54, 1.807) is 18.2 Å². The van der Waals surface area contributed by atoms with Crippen molar-refractivity contribution in [3.63, 3.8) is 0 Å². The Balaban J connectivity index is 2.55. The minimum atomic E-state index is -0.972. The van der Waals surface area contributed by atoms with Gasteiger partial charge in [0.15, 0.2) is 0 Å². The van der Waals surface area contributed by atoms with Gasteiger partial charge in [0, 0.05) is 15.5 Å². The fourth-order valence-electron chi connectivity index (χ4n) is 1.31. The van der Waals surface area contributed by atoms with Crippen LogP contribution in [0, 0.1) is 0 Å². The predicted octanol–water partition coefficient (Wildman–Crippen LogP) is 4.42. The molecule has 0 unspecified atom stereocenters. The van der Waals surface area contributed by atoms with Gasteiger partial charge >= 0.3 is 5.97 Å². The van der Waals surface area contributed by atoms with Gasteiger partial charge in [-0.05, 0) is 30.3 Å². The second-order valence-electron chi connectivity index (χ2n) is 3.10. The molecule has 1 aromatic heterocycles. The van der Waals surface area contributed by atoms with E-state index >= 15 is 0 Å². The molecule has 2 rings (SSSR count). The average Bonchev–Trinajstić information content (AvgIpc) is 2.65. The maximum absolute atomic E-state index is 10.8. The van der Waals surface area contributed by atoms with Crippen molar-refractivity contribution in [1.29, 1.82) is 0 Å². The molecule has 2 aromatic rings. The molecule has 0 aliphatic rings. The first-order valence-corrected chi connectivity index (χ1v) is 5.94. The molecule has 1 heterocycles. The lowest BCUT2D eigenvalue weighted by atomic mass is 10.1. The molecule has 0 radical (unpaired) electrons. The summed E-state index contributed by atoms with van der Waals surface area (Å²) in [6.07, 6.45) is 0. The molecule has 16 heavy (non-hydrogen) atoms. The minimum absolute atomic E-state index is 0.212. The predicted molar refractivity (Wildman–Crippen MR) is 66.7 cm³/mol. The molecule has 82 valence electrons. The number of rotatable bonds is 2. The SMILES string of the molecule is O=C(O)c1ccc(Cl)c(-c2ccc(Cl)s2)c1. The van der Waals surface area contributed by atoms with Gasteiger partial charge in [-0.3, -0.25) is 0 Å². The number of aromatic carboxylic acids is 1. The molecule has 0 aliphatic heterocycles. The summed E-state index contributed by atoms with van der Waals surface area (Å²) in [6, 6.07) is 8.18. The zero-order chi connectivity index (χ0) is 11.7. The summed E-state index contributed by atoms with van der Waals surface area (Å²) in [5.41, 5.74) is 0.905. The van der Waals surface area contributed by atoms with Crippen LogP contribution in [-0.4, -0.2) is 11.1 Å². The quantitative estimate of drug-likeness (QED) is 0.879. The van der Waals surface area contributed by atoms with Crippen LogP contribution in [0.4, 0.5) is 0 Å². The first-order valence-electron chi connectivity index (χ1n) is 4.36. The molecule has 0 saturated heterocycles. The van der Waals surface area contributed by atoms with E-state index in [9.17, 15) is 4.79 Å². The maximum Gasteiger partial charge on any atom is 0.335 e. The standard InChI is InChI=1S/C11H6Cl2O2S/c12-8-2-1-6(11(14)15)5-7(8)9-3-4-10(13)16-9/h1-5H,(H,14,15). The number of thiophene rings is 1. The van der Waals surface area contributed by atoms with Crippen molar-refractivity contribution in [3.8, 4) is 10.4 Å². The lowest BCUT2D eigenvalue weighted by molar-refractivity contribution is 0.0697. The third-order valence-electron chi connectivity index (χ3n) is 2.05. The third kappa shape index (κ3) is 2.21. The van der Waals surface area contributed by atoms with Gasteiger partial charge in [0.25, 0.3) is 0 Å². The Labute approximate surface area is 106 Å². The summed E-state index contributed by atoms with van der Waals surface area (Å²) < 4.78 is 0.645. The summed E-state index contributed by atoms with van der Waals surface area (Å²) in [6.45, 7) is 0. The highest BCUT2D eigenvalue weighted by molar-refractivity contribution is 7.19. The Morgan fingerprint density at radius 1 is 1.19 bits per heavy atom. The first kappa shape index (κ1) is 11.5. The summed E-state index contributed by atoms with van der Waals surface area (Å²) in [7, 11) is 0. The van der Waals surface area contributed by atoms with Crippen LogP contribution in [0.25, 0.3) is 10.4 Å². The van der Waals surface area contributed by atoms with E-state index in [0.29, 0.717) is 14.9 Å². The highest BCUT2D eigenvalue weighted by Crippen LogP contribution is 2.35.